The Bertz CT molecular complexity index is 566. The minimum Gasteiger partial charge on any atom is -0.496 e. The molecule has 2 atom stereocenters. The molecule has 0 saturated carbocycles. The molecule has 1 aromatic rings. The van der Waals surface area contributed by atoms with E-state index in [1.54, 1.807) is 7.11 Å². The number of hydrogen-bond acceptors (Lipinski definition) is 5. The van der Waals surface area contributed by atoms with Crippen LogP contribution >= 0.6 is 12.4 Å². The van der Waals surface area contributed by atoms with Crippen LogP contribution in [-0.4, -0.2) is 63.5 Å². The zero-order valence-corrected chi connectivity index (χ0v) is 16.1. The van der Waals surface area contributed by atoms with Gasteiger partial charge in [-0.2, -0.15) is 0 Å². The van der Waals surface area contributed by atoms with E-state index < -0.39 is 0 Å². The standard InChI is InChI=1S/C19H28N2O4.ClH/c1-23-18-7-3-2-6-16(18)17-13-20-9-10-21(17)19(22)8-12-24-14-15-5-4-11-25-15;/h2-3,6-7,15,17,20H,4-5,8-14H2,1H3;1H. The summed E-state index contributed by atoms with van der Waals surface area (Å²) < 4.78 is 16.7. The summed E-state index contributed by atoms with van der Waals surface area (Å²) in [7, 11) is 1.67. The summed E-state index contributed by atoms with van der Waals surface area (Å²) >= 11 is 0. The summed E-state index contributed by atoms with van der Waals surface area (Å²) in [6.45, 7) is 4.12. The van der Waals surface area contributed by atoms with Crippen LogP contribution in [0, 0.1) is 0 Å². The second-order valence-corrected chi connectivity index (χ2v) is 6.51. The van der Waals surface area contributed by atoms with E-state index in [2.05, 4.69) is 5.32 Å². The molecule has 2 saturated heterocycles. The molecule has 3 rings (SSSR count). The first kappa shape index (κ1) is 21.0. The number of nitrogens with zero attached hydrogens (tertiary/aromatic N) is 1. The number of carbonyl (C=O) groups is 1. The smallest absolute Gasteiger partial charge is 0.225 e. The number of hydrogen-bond donors (Lipinski definition) is 1. The van der Waals surface area contributed by atoms with Crippen LogP contribution in [0.3, 0.4) is 0 Å². The zero-order chi connectivity index (χ0) is 17.5. The molecule has 0 bridgehead atoms. The minimum absolute atomic E-state index is 0. The molecule has 7 heteroatoms. The van der Waals surface area contributed by atoms with Crippen molar-refractivity contribution in [2.75, 3.05) is 46.6 Å². The molecule has 0 aromatic heterocycles. The van der Waals surface area contributed by atoms with E-state index in [0.29, 0.717) is 26.2 Å². The highest BCUT2D eigenvalue weighted by atomic mass is 35.5. The third kappa shape index (κ3) is 5.33. The fraction of sp³-hybridized carbons (Fsp3) is 0.632. The first-order valence-corrected chi connectivity index (χ1v) is 9.12. The Balaban J connectivity index is 0.00000243. The molecule has 6 nitrogen and oxygen atoms in total. The number of carbonyl (C=O) groups excluding carboxylic acids is 1. The quantitative estimate of drug-likeness (QED) is 0.730. The summed E-state index contributed by atoms with van der Waals surface area (Å²) in [6.07, 6.45) is 2.77. The normalized spacial score (nSPS) is 22.7. The Hall–Kier alpha value is -1.34. The molecule has 146 valence electrons. The van der Waals surface area contributed by atoms with Crippen molar-refractivity contribution in [1.29, 1.82) is 0 Å². The minimum atomic E-state index is -0.00411. The van der Waals surface area contributed by atoms with Crippen LogP contribution in [0.1, 0.15) is 30.9 Å². The predicted molar refractivity (Wildman–Crippen MR) is 102 cm³/mol. The van der Waals surface area contributed by atoms with E-state index in [9.17, 15) is 4.79 Å². The van der Waals surface area contributed by atoms with E-state index in [1.807, 2.05) is 29.2 Å². The van der Waals surface area contributed by atoms with Gasteiger partial charge in [-0.05, 0) is 18.9 Å². The van der Waals surface area contributed by atoms with Crippen molar-refractivity contribution in [3.8, 4) is 5.75 Å². The lowest BCUT2D eigenvalue weighted by atomic mass is 10.0. The fourth-order valence-corrected chi connectivity index (χ4v) is 3.52. The maximum atomic E-state index is 12.7. The lowest BCUT2D eigenvalue weighted by molar-refractivity contribution is -0.136. The van der Waals surface area contributed by atoms with Gasteiger partial charge in [0.1, 0.15) is 5.75 Å². The highest BCUT2D eigenvalue weighted by Crippen LogP contribution is 2.30. The number of rotatable bonds is 7. The number of ether oxygens (including phenoxy) is 3. The molecular formula is C19H29ClN2O4. The highest BCUT2D eigenvalue weighted by Gasteiger charge is 2.29. The summed E-state index contributed by atoms with van der Waals surface area (Å²) in [4.78, 5) is 14.7. The summed E-state index contributed by atoms with van der Waals surface area (Å²) in [5.74, 6) is 0.952. The Kier molecular flexibility index (Phi) is 8.65. The Morgan fingerprint density at radius 2 is 2.23 bits per heavy atom. The molecule has 26 heavy (non-hydrogen) atoms. The number of nitrogens with one attached hydrogen (secondary N) is 1. The van der Waals surface area contributed by atoms with E-state index in [-0.39, 0.29) is 30.5 Å². The van der Waals surface area contributed by atoms with Crippen LogP contribution in [0.4, 0.5) is 0 Å². The lowest BCUT2D eigenvalue weighted by Gasteiger charge is -2.37. The van der Waals surface area contributed by atoms with Crippen LogP contribution in [0.25, 0.3) is 0 Å². The van der Waals surface area contributed by atoms with Gasteiger partial charge in [0.15, 0.2) is 0 Å². The van der Waals surface area contributed by atoms with Gasteiger partial charge in [0.25, 0.3) is 0 Å². The largest absolute Gasteiger partial charge is 0.496 e. The van der Waals surface area contributed by atoms with Gasteiger partial charge in [-0.1, -0.05) is 18.2 Å². The van der Waals surface area contributed by atoms with Crippen molar-refractivity contribution in [3.05, 3.63) is 29.8 Å². The first-order valence-electron chi connectivity index (χ1n) is 9.12. The van der Waals surface area contributed by atoms with E-state index in [4.69, 9.17) is 14.2 Å². The van der Waals surface area contributed by atoms with Gasteiger partial charge in [0.05, 0.1) is 38.9 Å². The Labute approximate surface area is 161 Å². The molecule has 2 fully saturated rings. The average molecular weight is 385 g/mol. The third-order valence-corrected chi connectivity index (χ3v) is 4.85. The Morgan fingerprint density at radius 3 is 3.00 bits per heavy atom. The van der Waals surface area contributed by atoms with Gasteiger partial charge in [-0.15, -0.1) is 12.4 Å². The molecule has 1 amide bonds. The Morgan fingerprint density at radius 1 is 1.38 bits per heavy atom. The van der Waals surface area contributed by atoms with E-state index in [0.717, 1.165) is 43.9 Å². The molecule has 2 aliphatic heterocycles. The maximum Gasteiger partial charge on any atom is 0.225 e. The average Bonchev–Trinajstić information content (AvgIpc) is 3.18. The number of halogens is 1. The van der Waals surface area contributed by atoms with Crippen molar-refractivity contribution in [2.24, 2.45) is 0 Å². The molecule has 0 radical (unpaired) electrons. The monoisotopic (exact) mass is 384 g/mol. The number of piperazine rings is 1. The van der Waals surface area contributed by atoms with Crippen molar-refractivity contribution < 1.29 is 19.0 Å². The van der Waals surface area contributed by atoms with Crippen molar-refractivity contribution in [2.45, 2.75) is 31.4 Å². The highest BCUT2D eigenvalue weighted by molar-refractivity contribution is 5.85. The second kappa shape index (κ2) is 10.7. The van der Waals surface area contributed by atoms with Crippen LogP contribution in [0.15, 0.2) is 24.3 Å². The summed E-state index contributed by atoms with van der Waals surface area (Å²) in [6, 6.07) is 7.90. The van der Waals surface area contributed by atoms with Gasteiger partial charge >= 0.3 is 0 Å². The third-order valence-electron chi connectivity index (χ3n) is 4.85. The van der Waals surface area contributed by atoms with Gasteiger partial charge in [0, 0.05) is 31.8 Å². The van der Waals surface area contributed by atoms with E-state index >= 15 is 0 Å². The van der Waals surface area contributed by atoms with Gasteiger partial charge in [-0.3, -0.25) is 4.79 Å². The SMILES string of the molecule is COc1ccccc1C1CNCCN1C(=O)CCOCC1CCCO1.Cl. The maximum absolute atomic E-state index is 12.7. The van der Waals surface area contributed by atoms with Crippen LogP contribution in [0.5, 0.6) is 5.75 Å². The molecule has 0 aliphatic carbocycles. The van der Waals surface area contributed by atoms with Gasteiger partial charge in [-0.25, -0.2) is 0 Å². The zero-order valence-electron chi connectivity index (χ0n) is 15.3. The lowest BCUT2D eigenvalue weighted by Crippen LogP contribution is -2.49. The number of amides is 1. The van der Waals surface area contributed by atoms with E-state index in [1.165, 1.54) is 0 Å². The van der Waals surface area contributed by atoms with Gasteiger partial charge < -0.3 is 24.4 Å². The second-order valence-electron chi connectivity index (χ2n) is 6.51. The molecular weight excluding hydrogens is 356 g/mol. The number of benzene rings is 1. The van der Waals surface area contributed by atoms with Crippen LogP contribution < -0.4 is 10.1 Å². The van der Waals surface area contributed by atoms with Crippen LogP contribution in [-0.2, 0) is 14.3 Å². The summed E-state index contributed by atoms with van der Waals surface area (Å²) in [5, 5.41) is 3.38. The molecule has 2 heterocycles. The topological polar surface area (TPSA) is 60.0 Å². The molecule has 0 spiro atoms. The predicted octanol–water partition coefficient (Wildman–Crippen LogP) is 2.18. The van der Waals surface area contributed by atoms with Crippen molar-refractivity contribution in [1.82, 2.24) is 10.2 Å². The molecule has 1 N–H and O–H groups in total. The number of para-hydroxylation sites is 1. The van der Waals surface area contributed by atoms with Crippen molar-refractivity contribution >= 4 is 18.3 Å². The molecule has 2 aliphatic rings. The fourth-order valence-electron chi connectivity index (χ4n) is 3.52. The number of methoxy groups -OCH3 is 1. The summed E-state index contributed by atoms with van der Waals surface area (Å²) in [5.41, 5.74) is 1.05. The van der Waals surface area contributed by atoms with Crippen LogP contribution in [0.2, 0.25) is 0 Å². The van der Waals surface area contributed by atoms with Gasteiger partial charge in [0.2, 0.25) is 5.91 Å². The first-order chi connectivity index (χ1) is 12.3. The molecule has 2 unspecified atom stereocenters. The molecule has 1 aromatic carbocycles. The van der Waals surface area contributed by atoms with Crippen molar-refractivity contribution in [3.63, 3.8) is 0 Å².